The fraction of sp³-hybridized carbons (Fsp3) is 0.111. The van der Waals surface area contributed by atoms with Gasteiger partial charge in [0.1, 0.15) is 17.2 Å². The van der Waals surface area contributed by atoms with E-state index in [2.05, 4.69) is 10.4 Å². The molecule has 11 heteroatoms. The van der Waals surface area contributed by atoms with Crippen LogP contribution in [0.3, 0.4) is 0 Å². The lowest BCUT2D eigenvalue weighted by molar-refractivity contribution is -0.385. The zero-order valence-corrected chi connectivity index (χ0v) is 16.2. The Balaban J connectivity index is 1.78. The summed E-state index contributed by atoms with van der Waals surface area (Å²) in [7, 11) is -1.16. The third kappa shape index (κ3) is 3.64. The Hall–Kier alpha value is -3.11. The number of nitro benzene ring substituents is 1. The molecule has 0 bridgehead atoms. The molecule has 0 saturated carbocycles. The number of anilines is 1. The van der Waals surface area contributed by atoms with Crippen molar-refractivity contribution in [2.24, 2.45) is 0 Å². The molecule has 1 atom stereocenters. The summed E-state index contributed by atoms with van der Waals surface area (Å²) in [6, 6.07) is 9.11. The number of aromatic nitrogens is 2. The molecule has 1 aromatic heterocycles. The summed E-state index contributed by atoms with van der Waals surface area (Å²) in [5, 5.41) is 18.5. The fourth-order valence-electron chi connectivity index (χ4n) is 3.05. The van der Waals surface area contributed by atoms with Gasteiger partial charge in [0, 0.05) is 27.5 Å². The molecule has 148 valence electrons. The summed E-state index contributed by atoms with van der Waals surface area (Å²) in [6.45, 7) is 0. The molecule has 8 nitrogen and oxygen atoms in total. The van der Waals surface area contributed by atoms with Crippen molar-refractivity contribution in [3.63, 3.8) is 0 Å². The number of hydrogen-bond acceptors (Lipinski definition) is 5. The highest BCUT2D eigenvalue weighted by atomic mass is 35.5. The smallest absolute Gasteiger partial charge is 0.282 e. The van der Waals surface area contributed by atoms with Gasteiger partial charge >= 0.3 is 0 Å². The Bertz CT molecular complexity index is 1180. The molecule has 29 heavy (non-hydrogen) atoms. The molecule has 1 N–H and O–H groups in total. The number of rotatable bonds is 4. The average Bonchev–Trinajstić information content (AvgIpc) is 3.19. The van der Waals surface area contributed by atoms with E-state index in [4.69, 9.17) is 11.6 Å². The van der Waals surface area contributed by atoms with Gasteiger partial charge in [-0.2, -0.15) is 5.10 Å². The second kappa shape index (κ2) is 7.37. The summed E-state index contributed by atoms with van der Waals surface area (Å²) in [5.74, 6) is -0.553. The predicted molar refractivity (Wildman–Crippen MR) is 105 cm³/mol. The molecule has 1 unspecified atom stereocenters. The maximum atomic E-state index is 13.3. The molecule has 4 rings (SSSR count). The molecule has 0 spiro atoms. The minimum atomic E-state index is -1.16. The van der Waals surface area contributed by atoms with Crippen LogP contribution in [0.25, 0.3) is 5.69 Å². The van der Waals surface area contributed by atoms with Crippen LogP contribution in [0.5, 0.6) is 0 Å². The first-order valence-electron chi connectivity index (χ1n) is 8.30. The number of nitro groups is 1. The molecule has 0 aliphatic carbocycles. The van der Waals surface area contributed by atoms with Crippen molar-refractivity contribution in [2.75, 3.05) is 5.32 Å². The molecule has 3 aromatic rings. The number of nitrogens with zero attached hydrogens (tertiary/aromatic N) is 3. The maximum absolute atomic E-state index is 13.3. The quantitative estimate of drug-likeness (QED) is 0.498. The van der Waals surface area contributed by atoms with Crippen LogP contribution < -0.4 is 5.32 Å². The minimum Gasteiger partial charge on any atom is -0.306 e. The van der Waals surface area contributed by atoms with E-state index >= 15 is 0 Å². The molecule has 1 aliphatic heterocycles. The zero-order valence-electron chi connectivity index (χ0n) is 14.6. The van der Waals surface area contributed by atoms with Crippen LogP contribution in [0.1, 0.15) is 21.6 Å². The van der Waals surface area contributed by atoms with Gasteiger partial charge in [0.15, 0.2) is 0 Å². The summed E-state index contributed by atoms with van der Waals surface area (Å²) in [5.41, 5.74) is 0.971. The zero-order chi connectivity index (χ0) is 20.7. The number of carbonyl (C=O) groups excluding carboxylic acids is 1. The number of amides is 1. The van der Waals surface area contributed by atoms with Crippen molar-refractivity contribution in [1.82, 2.24) is 9.78 Å². The fourth-order valence-corrected chi connectivity index (χ4v) is 4.49. The van der Waals surface area contributed by atoms with Gasteiger partial charge in [0.25, 0.3) is 11.6 Å². The van der Waals surface area contributed by atoms with Gasteiger partial charge in [0.2, 0.25) is 0 Å². The summed E-state index contributed by atoms with van der Waals surface area (Å²) in [6.07, 6.45) is 0. The van der Waals surface area contributed by atoms with E-state index in [1.165, 1.54) is 41.1 Å². The van der Waals surface area contributed by atoms with Crippen molar-refractivity contribution >= 4 is 39.8 Å². The van der Waals surface area contributed by atoms with Gasteiger partial charge in [-0.05, 0) is 36.4 Å². The Kier molecular flexibility index (Phi) is 4.89. The number of hydrogen-bond donors (Lipinski definition) is 1. The molecule has 1 aliphatic rings. The molecule has 1 amide bonds. The van der Waals surface area contributed by atoms with E-state index < -0.39 is 33.1 Å². The third-order valence-electron chi connectivity index (χ3n) is 4.37. The lowest BCUT2D eigenvalue weighted by Crippen LogP contribution is -2.18. The highest BCUT2D eigenvalue weighted by Gasteiger charge is 2.30. The molecule has 2 heterocycles. The second-order valence-electron chi connectivity index (χ2n) is 6.26. The number of halogens is 2. The largest absolute Gasteiger partial charge is 0.306 e. The average molecular weight is 435 g/mol. The van der Waals surface area contributed by atoms with Gasteiger partial charge in [-0.1, -0.05) is 11.6 Å². The maximum Gasteiger partial charge on any atom is 0.282 e. The third-order valence-corrected chi connectivity index (χ3v) is 5.81. The number of nitrogens with one attached hydrogen (secondary N) is 1. The van der Waals surface area contributed by atoms with E-state index in [1.807, 2.05) is 0 Å². The van der Waals surface area contributed by atoms with Gasteiger partial charge in [-0.15, -0.1) is 0 Å². The normalized spacial score (nSPS) is 15.2. The number of benzene rings is 2. The van der Waals surface area contributed by atoms with E-state index in [1.54, 1.807) is 0 Å². The van der Waals surface area contributed by atoms with Gasteiger partial charge in [-0.25, -0.2) is 9.07 Å². The highest BCUT2D eigenvalue weighted by molar-refractivity contribution is 7.83. The van der Waals surface area contributed by atoms with Crippen LogP contribution in [-0.4, -0.2) is 24.8 Å². The standard InChI is InChI=1S/C18H12ClFN4O4S/c19-10-1-6-16(24(26)27)13(7-10)18(25)21-17-14-8-29(28)9-15(14)22-23(17)12-4-2-11(20)3-5-12/h1-7H,8-9H2,(H,21,25). The Labute approximate surface area is 170 Å². The van der Waals surface area contributed by atoms with Crippen molar-refractivity contribution in [1.29, 1.82) is 0 Å². The molecule has 2 aromatic carbocycles. The molecular formula is C18H12ClFN4O4S. The van der Waals surface area contributed by atoms with E-state index in [9.17, 15) is 23.5 Å². The second-order valence-corrected chi connectivity index (χ2v) is 8.16. The first-order valence-corrected chi connectivity index (χ1v) is 10.2. The SMILES string of the molecule is O=C(Nc1c2c(nn1-c1ccc(F)cc1)CS(=O)C2)c1cc(Cl)ccc1[N+](=O)[O-]. The van der Waals surface area contributed by atoms with Crippen LogP contribution >= 0.6 is 11.6 Å². The summed E-state index contributed by atoms with van der Waals surface area (Å²) < 4.78 is 26.6. The van der Waals surface area contributed by atoms with Crippen molar-refractivity contribution in [3.05, 3.63) is 80.2 Å². The monoisotopic (exact) mass is 434 g/mol. The minimum absolute atomic E-state index is 0.166. The Morgan fingerprint density at radius 2 is 1.97 bits per heavy atom. The van der Waals surface area contributed by atoms with E-state index in [0.717, 1.165) is 6.07 Å². The van der Waals surface area contributed by atoms with Crippen LogP contribution in [0.15, 0.2) is 42.5 Å². The molecule has 0 saturated heterocycles. The Morgan fingerprint density at radius 1 is 1.24 bits per heavy atom. The van der Waals surface area contributed by atoms with Gasteiger partial charge < -0.3 is 5.32 Å². The summed E-state index contributed by atoms with van der Waals surface area (Å²) in [4.78, 5) is 23.5. The number of carbonyl (C=O) groups is 1. The molecular weight excluding hydrogens is 423 g/mol. The molecule has 0 radical (unpaired) electrons. The first-order chi connectivity index (χ1) is 13.8. The first kappa shape index (κ1) is 19.2. The molecule has 0 fully saturated rings. The van der Waals surface area contributed by atoms with Crippen LogP contribution in [-0.2, 0) is 22.3 Å². The lowest BCUT2D eigenvalue weighted by atomic mass is 10.1. The van der Waals surface area contributed by atoms with Gasteiger partial charge in [-0.3, -0.25) is 19.1 Å². The number of fused-ring (bicyclic) bond motifs is 1. The van der Waals surface area contributed by atoms with Crippen molar-refractivity contribution < 1.29 is 18.3 Å². The van der Waals surface area contributed by atoms with Crippen LogP contribution in [0.4, 0.5) is 15.9 Å². The Morgan fingerprint density at radius 3 is 2.66 bits per heavy atom. The van der Waals surface area contributed by atoms with Crippen molar-refractivity contribution in [2.45, 2.75) is 11.5 Å². The van der Waals surface area contributed by atoms with Crippen LogP contribution in [0.2, 0.25) is 5.02 Å². The predicted octanol–water partition coefficient (Wildman–Crippen LogP) is 3.59. The topological polar surface area (TPSA) is 107 Å². The van der Waals surface area contributed by atoms with E-state index in [-0.39, 0.29) is 27.9 Å². The van der Waals surface area contributed by atoms with E-state index in [0.29, 0.717) is 16.9 Å². The van der Waals surface area contributed by atoms with Crippen LogP contribution in [0, 0.1) is 15.9 Å². The lowest BCUT2D eigenvalue weighted by Gasteiger charge is -2.11. The summed E-state index contributed by atoms with van der Waals surface area (Å²) >= 11 is 5.91. The van der Waals surface area contributed by atoms with Crippen molar-refractivity contribution in [3.8, 4) is 5.69 Å². The highest BCUT2D eigenvalue weighted by Crippen LogP contribution is 2.32. The van der Waals surface area contributed by atoms with Gasteiger partial charge in [0.05, 0.1) is 27.8 Å².